The molecule has 4 N–H and O–H groups in total. The van der Waals surface area contributed by atoms with Gasteiger partial charge in [-0.05, 0) is 48.9 Å². The minimum Gasteiger partial charge on any atom is -0.484 e. The molecule has 2 aromatic heterocycles. The molecule has 3 aromatic carbocycles. The number of nitrogens with zero attached hydrogens (tertiary/aromatic N) is 4. The smallest absolute Gasteiger partial charge is 0.407 e. The molecule has 196 valence electrons. The number of nitrogens with one attached hydrogen (secondary N) is 3. The highest BCUT2D eigenvalue weighted by molar-refractivity contribution is 5.93. The average molecular weight is 524 g/mol. The predicted molar refractivity (Wildman–Crippen MR) is 146 cm³/mol. The number of anilines is 2. The number of rotatable bonds is 7. The summed E-state index contributed by atoms with van der Waals surface area (Å²) >= 11 is 0. The largest absolute Gasteiger partial charge is 0.484 e. The number of carboxylic acid groups (broad SMARTS) is 1. The third kappa shape index (κ3) is 5.28. The van der Waals surface area contributed by atoms with E-state index in [0.29, 0.717) is 30.4 Å². The van der Waals surface area contributed by atoms with Gasteiger partial charge in [-0.1, -0.05) is 24.3 Å². The van der Waals surface area contributed by atoms with Gasteiger partial charge in [0, 0.05) is 41.2 Å². The first-order valence-corrected chi connectivity index (χ1v) is 12.5. The molecule has 1 atom stereocenters. The van der Waals surface area contributed by atoms with E-state index in [1.54, 1.807) is 18.3 Å². The fourth-order valence-electron chi connectivity index (χ4n) is 4.65. The van der Waals surface area contributed by atoms with Crippen molar-refractivity contribution in [3.8, 4) is 17.1 Å². The number of amides is 2. The van der Waals surface area contributed by atoms with Crippen molar-refractivity contribution < 1.29 is 19.4 Å². The fourth-order valence-corrected chi connectivity index (χ4v) is 4.65. The molecule has 1 fully saturated rings. The zero-order valence-electron chi connectivity index (χ0n) is 20.8. The quantitative estimate of drug-likeness (QED) is 0.249. The van der Waals surface area contributed by atoms with Crippen molar-refractivity contribution in [2.24, 2.45) is 0 Å². The first-order valence-electron chi connectivity index (χ1n) is 12.5. The summed E-state index contributed by atoms with van der Waals surface area (Å²) in [7, 11) is 0. The number of para-hydroxylation sites is 1. The van der Waals surface area contributed by atoms with E-state index in [1.807, 2.05) is 54.6 Å². The van der Waals surface area contributed by atoms with Crippen LogP contribution in [0.4, 0.5) is 16.3 Å². The number of likely N-dealkylation sites (tertiary alicyclic amines) is 1. The maximum Gasteiger partial charge on any atom is 0.407 e. The number of H-pyrrole nitrogens is 1. The summed E-state index contributed by atoms with van der Waals surface area (Å²) in [5, 5.41) is 24.2. The van der Waals surface area contributed by atoms with E-state index in [0.717, 1.165) is 33.1 Å². The second kappa shape index (κ2) is 10.3. The number of carbonyl (C=O) groups excluding carboxylic acids is 1. The molecular formula is C28H25N7O4. The highest BCUT2D eigenvalue weighted by Gasteiger charge is 2.27. The van der Waals surface area contributed by atoms with Crippen molar-refractivity contribution in [1.29, 1.82) is 0 Å². The van der Waals surface area contributed by atoms with Crippen LogP contribution < -0.4 is 15.4 Å². The molecule has 0 bridgehead atoms. The molecule has 2 amide bonds. The highest BCUT2D eigenvalue weighted by Crippen LogP contribution is 2.29. The van der Waals surface area contributed by atoms with Crippen LogP contribution in [0.5, 0.6) is 5.75 Å². The minimum atomic E-state index is -0.979. The molecule has 1 aliphatic heterocycles. The van der Waals surface area contributed by atoms with Gasteiger partial charge in [-0.25, -0.2) is 14.8 Å². The van der Waals surface area contributed by atoms with E-state index in [9.17, 15) is 9.59 Å². The molecule has 3 heterocycles. The standard InChI is InChI=1S/C28H25N7O4/c36-25(30-20-10-11-35(15-20)28(37)38)16-39-21-5-3-4-17(13-21)26-32-24-7-2-1-6-22(24)27(33-26)31-19-8-9-23-18(12-19)14-29-34-23/h1-9,12-14,20H,10-11,15-16H2,(H,29,34)(H,30,36)(H,37,38)(H,31,32,33). The lowest BCUT2D eigenvalue weighted by atomic mass is 10.1. The lowest BCUT2D eigenvalue weighted by Crippen LogP contribution is -2.40. The van der Waals surface area contributed by atoms with Crippen LogP contribution in [0.25, 0.3) is 33.2 Å². The Morgan fingerprint density at radius 2 is 1.97 bits per heavy atom. The van der Waals surface area contributed by atoms with E-state index < -0.39 is 6.09 Å². The zero-order chi connectivity index (χ0) is 26.8. The van der Waals surface area contributed by atoms with E-state index >= 15 is 0 Å². The van der Waals surface area contributed by atoms with Crippen LogP contribution in [0.2, 0.25) is 0 Å². The highest BCUT2D eigenvalue weighted by atomic mass is 16.5. The van der Waals surface area contributed by atoms with Crippen LogP contribution in [0.3, 0.4) is 0 Å². The molecule has 39 heavy (non-hydrogen) atoms. The molecule has 1 saturated heterocycles. The van der Waals surface area contributed by atoms with Crippen molar-refractivity contribution >= 4 is 45.3 Å². The maximum atomic E-state index is 12.4. The fraction of sp³-hybridized carbons (Fsp3) is 0.179. The van der Waals surface area contributed by atoms with Gasteiger partial charge in [-0.15, -0.1) is 0 Å². The normalized spacial score (nSPS) is 15.0. The third-order valence-corrected chi connectivity index (χ3v) is 6.59. The number of hydrogen-bond donors (Lipinski definition) is 4. The molecule has 1 aliphatic rings. The molecule has 0 saturated carbocycles. The van der Waals surface area contributed by atoms with Gasteiger partial charge in [0.1, 0.15) is 11.6 Å². The van der Waals surface area contributed by atoms with E-state index in [1.165, 1.54) is 4.90 Å². The van der Waals surface area contributed by atoms with Crippen LogP contribution >= 0.6 is 0 Å². The molecule has 0 aliphatic carbocycles. The summed E-state index contributed by atoms with van der Waals surface area (Å²) in [4.78, 5) is 34.4. The Kier molecular flexibility index (Phi) is 6.37. The molecule has 0 spiro atoms. The van der Waals surface area contributed by atoms with Crippen LogP contribution in [0.1, 0.15) is 6.42 Å². The van der Waals surface area contributed by atoms with Crippen molar-refractivity contribution in [3.63, 3.8) is 0 Å². The van der Waals surface area contributed by atoms with Crippen LogP contribution in [0.15, 0.2) is 72.9 Å². The molecular weight excluding hydrogens is 498 g/mol. The molecule has 5 aromatic rings. The van der Waals surface area contributed by atoms with Crippen molar-refractivity contribution in [2.45, 2.75) is 12.5 Å². The van der Waals surface area contributed by atoms with Gasteiger partial charge >= 0.3 is 6.09 Å². The number of carbonyl (C=O) groups is 2. The summed E-state index contributed by atoms with van der Waals surface area (Å²) < 4.78 is 5.74. The predicted octanol–water partition coefficient (Wildman–Crippen LogP) is 4.16. The number of fused-ring (bicyclic) bond motifs is 2. The van der Waals surface area contributed by atoms with Crippen molar-refractivity contribution in [3.05, 3.63) is 72.9 Å². The summed E-state index contributed by atoms with van der Waals surface area (Å²) in [6.07, 6.45) is 1.38. The van der Waals surface area contributed by atoms with Crippen molar-refractivity contribution in [1.82, 2.24) is 30.4 Å². The van der Waals surface area contributed by atoms with Crippen molar-refractivity contribution in [2.75, 3.05) is 25.0 Å². The minimum absolute atomic E-state index is 0.186. The van der Waals surface area contributed by atoms with Gasteiger partial charge in [0.05, 0.1) is 17.2 Å². The molecule has 11 nitrogen and oxygen atoms in total. The third-order valence-electron chi connectivity index (χ3n) is 6.59. The molecule has 11 heteroatoms. The maximum absolute atomic E-state index is 12.4. The second-order valence-corrected chi connectivity index (χ2v) is 9.31. The van der Waals surface area contributed by atoms with Gasteiger partial charge in [-0.2, -0.15) is 5.10 Å². The van der Waals surface area contributed by atoms with Gasteiger partial charge in [-0.3, -0.25) is 9.89 Å². The Bertz CT molecular complexity index is 1690. The first-order chi connectivity index (χ1) is 19.0. The summed E-state index contributed by atoms with van der Waals surface area (Å²) in [5.74, 6) is 1.37. The number of ether oxygens (including phenoxy) is 1. The van der Waals surface area contributed by atoms with Gasteiger partial charge in [0.15, 0.2) is 12.4 Å². The molecule has 0 radical (unpaired) electrons. The molecule has 1 unspecified atom stereocenters. The Labute approximate surface area is 222 Å². The van der Waals surface area contributed by atoms with E-state index in [-0.39, 0.29) is 25.1 Å². The summed E-state index contributed by atoms with van der Waals surface area (Å²) in [6.45, 7) is 0.501. The first kappa shape index (κ1) is 24.2. The Balaban J connectivity index is 1.20. The van der Waals surface area contributed by atoms with E-state index in [4.69, 9.17) is 19.8 Å². The second-order valence-electron chi connectivity index (χ2n) is 9.31. The molecule has 6 rings (SSSR count). The van der Waals surface area contributed by atoms with Crippen LogP contribution in [-0.4, -0.2) is 67.9 Å². The number of aromatic nitrogens is 4. The van der Waals surface area contributed by atoms with Crippen LogP contribution in [-0.2, 0) is 4.79 Å². The zero-order valence-corrected chi connectivity index (χ0v) is 20.8. The lowest BCUT2D eigenvalue weighted by molar-refractivity contribution is -0.123. The average Bonchev–Trinajstić information content (AvgIpc) is 3.62. The van der Waals surface area contributed by atoms with Gasteiger partial charge in [0.2, 0.25) is 0 Å². The monoisotopic (exact) mass is 523 g/mol. The van der Waals surface area contributed by atoms with Gasteiger partial charge in [0.25, 0.3) is 5.91 Å². The number of benzene rings is 3. The number of aromatic amines is 1. The summed E-state index contributed by atoms with van der Waals surface area (Å²) in [6, 6.07) is 20.7. The number of hydrogen-bond acceptors (Lipinski definition) is 7. The Morgan fingerprint density at radius 1 is 1.08 bits per heavy atom. The topological polar surface area (TPSA) is 145 Å². The van der Waals surface area contributed by atoms with Crippen LogP contribution in [0, 0.1) is 0 Å². The Morgan fingerprint density at radius 3 is 2.85 bits per heavy atom. The van der Waals surface area contributed by atoms with E-state index in [2.05, 4.69) is 20.8 Å². The SMILES string of the molecule is O=C(COc1cccc(-c2nc(Nc3ccc4[nH]ncc4c3)c3ccccc3n2)c1)NC1CCN(C(=O)O)C1. The Hall–Kier alpha value is -5.19. The summed E-state index contributed by atoms with van der Waals surface area (Å²) in [5.41, 5.74) is 3.34. The lowest BCUT2D eigenvalue weighted by Gasteiger charge is -2.14. The van der Waals surface area contributed by atoms with Gasteiger partial charge < -0.3 is 25.4 Å².